The second-order valence-corrected chi connectivity index (χ2v) is 6.77. The zero-order valence-corrected chi connectivity index (χ0v) is 15.3. The normalized spacial score (nSPS) is 11.5. The lowest BCUT2D eigenvalue weighted by atomic mass is 10.2. The number of aromatic nitrogens is 2. The van der Waals surface area contributed by atoms with Crippen molar-refractivity contribution in [3.63, 3.8) is 0 Å². The maximum Gasteiger partial charge on any atom is 0.433 e. The number of alkyl halides is 3. The van der Waals surface area contributed by atoms with E-state index in [-0.39, 0.29) is 28.9 Å². The number of carbonyl (C=O) groups excluding carboxylic acids is 1. The van der Waals surface area contributed by atoms with E-state index in [9.17, 15) is 18.0 Å². The average Bonchev–Trinajstić information content (AvgIpc) is 3.36. The molecule has 0 unspecified atom stereocenters. The van der Waals surface area contributed by atoms with Crippen LogP contribution in [0.5, 0.6) is 0 Å². The van der Waals surface area contributed by atoms with Crippen LogP contribution in [0.4, 0.5) is 13.2 Å². The highest BCUT2D eigenvalue weighted by molar-refractivity contribution is 7.99. The Hall–Kier alpha value is -2.75. The van der Waals surface area contributed by atoms with E-state index in [0.29, 0.717) is 24.5 Å². The third-order valence-electron chi connectivity index (χ3n) is 3.59. The molecule has 0 saturated carbocycles. The molecule has 148 valence electrons. The molecule has 0 fully saturated rings. The van der Waals surface area contributed by atoms with E-state index in [0.717, 1.165) is 17.8 Å². The van der Waals surface area contributed by atoms with Crippen molar-refractivity contribution in [3.8, 4) is 11.5 Å². The quantitative estimate of drug-likeness (QED) is 0.333. The minimum absolute atomic E-state index is 0.0165. The van der Waals surface area contributed by atoms with Crippen molar-refractivity contribution in [1.29, 1.82) is 0 Å². The molecule has 0 bridgehead atoms. The Kier molecular flexibility index (Phi) is 6.40. The molecule has 0 saturated heterocycles. The van der Waals surface area contributed by atoms with Crippen LogP contribution in [0.1, 0.15) is 24.3 Å². The maximum atomic E-state index is 13.1. The largest absolute Gasteiger partial charge is 0.467 e. The molecule has 0 aromatic carbocycles. The third kappa shape index (κ3) is 5.62. The van der Waals surface area contributed by atoms with Crippen LogP contribution in [0.2, 0.25) is 0 Å². The minimum Gasteiger partial charge on any atom is -0.467 e. The van der Waals surface area contributed by atoms with Gasteiger partial charge in [-0.3, -0.25) is 4.79 Å². The standard InChI is InChI=1S/C18H16F3N3O3S/c19-18(20,21)15-10-13(14-5-2-8-27-14)23-17(24-15)28-9-3-6-16(25)22-11-12-4-1-7-26-12/h1-2,4-5,7-8,10H,3,6,9,11H2,(H,22,25). The molecule has 6 nitrogen and oxygen atoms in total. The molecule has 0 aliphatic rings. The van der Waals surface area contributed by atoms with Gasteiger partial charge in [-0.05, 0) is 36.8 Å². The lowest BCUT2D eigenvalue weighted by Gasteiger charge is -2.09. The number of rotatable bonds is 8. The van der Waals surface area contributed by atoms with Gasteiger partial charge in [0, 0.05) is 12.2 Å². The van der Waals surface area contributed by atoms with E-state index in [1.807, 2.05) is 0 Å². The van der Waals surface area contributed by atoms with Gasteiger partial charge in [-0.25, -0.2) is 9.97 Å². The predicted molar refractivity (Wildman–Crippen MR) is 95.2 cm³/mol. The topological polar surface area (TPSA) is 81.2 Å². The molecule has 3 heterocycles. The molecule has 0 radical (unpaired) electrons. The summed E-state index contributed by atoms with van der Waals surface area (Å²) in [6, 6.07) is 7.42. The van der Waals surface area contributed by atoms with Gasteiger partial charge in [0.2, 0.25) is 5.91 Å². The average molecular weight is 411 g/mol. The van der Waals surface area contributed by atoms with Gasteiger partial charge in [0.15, 0.2) is 10.9 Å². The first-order valence-corrected chi connectivity index (χ1v) is 9.32. The first-order chi connectivity index (χ1) is 13.4. The molecule has 0 spiro atoms. The van der Waals surface area contributed by atoms with Crippen molar-refractivity contribution in [2.75, 3.05) is 5.75 Å². The lowest BCUT2D eigenvalue weighted by molar-refractivity contribution is -0.141. The van der Waals surface area contributed by atoms with E-state index >= 15 is 0 Å². The van der Waals surface area contributed by atoms with Gasteiger partial charge in [0.1, 0.15) is 17.1 Å². The number of hydrogen-bond acceptors (Lipinski definition) is 6. The second-order valence-electron chi connectivity index (χ2n) is 5.70. The molecule has 1 N–H and O–H groups in total. The summed E-state index contributed by atoms with van der Waals surface area (Å²) >= 11 is 1.06. The Morgan fingerprint density at radius 1 is 1.14 bits per heavy atom. The van der Waals surface area contributed by atoms with Crippen molar-refractivity contribution in [2.45, 2.75) is 30.7 Å². The summed E-state index contributed by atoms with van der Waals surface area (Å²) in [4.78, 5) is 19.5. The molecule has 3 aromatic rings. The fourth-order valence-electron chi connectivity index (χ4n) is 2.27. The Morgan fingerprint density at radius 3 is 2.61 bits per heavy atom. The van der Waals surface area contributed by atoms with Crippen LogP contribution in [-0.4, -0.2) is 21.6 Å². The summed E-state index contributed by atoms with van der Waals surface area (Å²) in [6.07, 6.45) is -1.02. The van der Waals surface area contributed by atoms with Crippen LogP contribution in [0.25, 0.3) is 11.5 Å². The second kappa shape index (κ2) is 8.96. The van der Waals surface area contributed by atoms with E-state index in [4.69, 9.17) is 8.83 Å². The Balaban J connectivity index is 1.54. The van der Waals surface area contributed by atoms with Gasteiger partial charge in [-0.15, -0.1) is 0 Å². The van der Waals surface area contributed by atoms with Crippen LogP contribution in [-0.2, 0) is 17.5 Å². The summed E-state index contributed by atoms with van der Waals surface area (Å²) in [5, 5.41) is 2.69. The number of nitrogens with zero attached hydrogens (tertiary/aromatic N) is 2. The van der Waals surface area contributed by atoms with Gasteiger partial charge in [0.25, 0.3) is 0 Å². The van der Waals surface area contributed by atoms with Crippen LogP contribution < -0.4 is 5.32 Å². The zero-order chi connectivity index (χ0) is 20.0. The summed E-state index contributed by atoms with van der Waals surface area (Å²) < 4.78 is 49.5. The van der Waals surface area contributed by atoms with E-state index < -0.39 is 11.9 Å². The predicted octanol–water partition coefficient (Wildman–Crippen LogP) is 4.54. The van der Waals surface area contributed by atoms with Crippen molar-refractivity contribution in [3.05, 3.63) is 54.3 Å². The summed E-state index contributed by atoms with van der Waals surface area (Å²) in [7, 11) is 0. The third-order valence-corrected chi connectivity index (χ3v) is 4.52. The fourth-order valence-corrected chi connectivity index (χ4v) is 3.07. The van der Waals surface area contributed by atoms with Crippen LogP contribution in [0.3, 0.4) is 0 Å². The molecule has 28 heavy (non-hydrogen) atoms. The van der Waals surface area contributed by atoms with Crippen molar-refractivity contribution in [1.82, 2.24) is 15.3 Å². The number of amides is 1. The van der Waals surface area contributed by atoms with Gasteiger partial charge in [-0.2, -0.15) is 13.2 Å². The number of furan rings is 2. The number of hydrogen-bond donors (Lipinski definition) is 1. The van der Waals surface area contributed by atoms with Gasteiger partial charge in [-0.1, -0.05) is 11.8 Å². The summed E-state index contributed by atoms with van der Waals surface area (Å²) in [5.41, 5.74) is -0.974. The lowest BCUT2D eigenvalue weighted by Crippen LogP contribution is -2.22. The molecular weight excluding hydrogens is 395 g/mol. The number of halogens is 3. The first-order valence-electron chi connectivity index (χ1n) is 8.34. The molecule has 0 aliphatic carbocycles. The van der Waals surface area contributed by atoms with Crippen LogP contribution in [0, 0.1) is 0 Å². The SMILES string of the molecule is O=C(CCCSc1nc(-c2ccco2)cc(C(F)(F)F)n1)NCc1ccco1. The summed E-state index contributed by atoms with van der Waals surface area (Å²) in [5.74, 6) is 1.10. The van der Waals surface area contributed by atoms with Crippen molar-refractivity contribution in [2.24, 2.45) is 0 Å². The Bertz CT molecular complexity index is 897. The highest BCUT2D eigenvalue weighted by Gasteiger charge is 2.34. The van der Waals surface area contributed by atoms with Gasteiger partial charge >= 0.3 is 6.18 Å². The van der Waals surface area contributed by atoms with E-state index in [1.165, 1.54) is 18.6 Å². The number of thioether (sulfide) groups is 1. The van der Waals surface area contributed by atoms with E-state index in [2.05, 4.69) is 15.3 Å². The number of carbonyl (C=O) groups is 1. The van der Waals surface area contributed by atoms with E-state index in [1.54, 1.807) is 18.2 Å². The molecule has 1 amide bonds. The molecule has 0 aliphatic heterocycles. The Labute approximate surface area is 162 Å². The molecule has 3 rings (SSSR count). The van der Waals surface area contributed by atoms with Crippen LogP contribution in [0.15, 0.2) is 56.8 Å². The molecule has 0 atom stereocenters. The molecule has 10 heteroatoms. The van der Waals surface area contributed by atoms with Gasteiger partial charge in [0.05, 0.1) is 19.1 Å². The molecule has 3 aromatic heterocycles. The molecular formula is C18H16F3N3O3S. The maximum absolute atomic E-state index is 13.1. The highest BCUT2D eigenvalue weighted by atomic mass is 32.2. The van der Waals surface area contributed by atoms with Gasteiger partial charge < -0.3 is 14.2 Å². The highest BCUT2D eigenvalue weighted by Crippen LogP contribution is 2.32. The Morgan fingerprint density at radius 2 is 1.93 bits per heavy atom. The number of nitrogens with one attached hydrogen (secondary N) is 1. The fraction of sp³-hybridized carbons (Fsp3) is 0.278. The monoisotopic (exact) mass is 411 g/mol. The van der Waals surface area contributed by atoms with Crippen molar-refractivity contribution >= 4 is 17.7 Å². The first kappa shape index (κ1) is 20.0. The smallest absolute Gasteiger partial charge is 0.433 e. The van der Waals surface area contributed by atoms with Crippen molar-refractivity contribution < 1.29 is 26.8 Å². The zero-order valence-electron chi connectivity index (χ0n) is 14.5. The summed E-state index contributed by atoms with van der Waals surface area (Å²) in [6.45, 7) is 0.294. The van der Waals surface area contributed by atoms with Crippen LogP contribution >= 0.6 is 11.8 Å². The minimum atomic E-state index is -4.59.